The van der Waals surface area contributed by atoms with Gasteiger partial charge in [-0.3, -0.25) is 4.90 Å². The van der Waals surface area contributed by atoms with Gasteiger partial charge in [-0.1, -0.05) is 6.92 Å². The number of nitrogens with zero attached hydrogens (tertiary/aromatic N) is 2. The van der Waals surface area contributed by atoms with Crippen LogP contribution in [0.3, 0.4) is 0 Å². The van der Waals surface area contributed by atoms with E-state index in [9.17, 15) is 0 Å². The first-order valence-electron chi connectivity index (χ1n) is 7.12. The van der Waals surface area contributed by atoms with E-state index in [0.29, 0.717) is 12.2 Å². The van der Waals surface area contributed by atoms with Gasteiger partial charge in [-0.25, -0.2) is 0 Å². The Morgan fingerprint density at radius 3 is 2.72 bits per heavy atom. The van der Waals surface area contributed by atoms with Crippen LogP contribution in [0.15, 0.2) is 0 Å². The fourth-order valence-electron chi connectivity index (χ4n) is 2.68. The molecule has 0 aromatic heterocycles. The minimum absolute atomic E-state index is 0.328. The summed E-state index contributed by atoms with van der Waals surface area (Å²) >= 11 is 0. The van der Waals surface area contributed by atoms with Crippen LogP contribution in [0.2, 0.25) is 0 Å². The number of morpholine rings is 2. The monoisotopic (exact) mass is 257 g/mol. The van der Waals surface area contributed by atoms with Crippen LogP contribution in [0.4, 0.5) is 0 Å². The average molecular weight is 257 g/mol. The number of hydrogen-bond acceptors (Lipinski definition) is 5. The maximum atomic E-state index is 5.83. The molecule has 0 aliphatic carbocycles. The molecule has 0 saturated carbocycles. The SMILES string of the molecule is CCN1CCOC(CN(C)CC2CNCCO2)C1. The smallest absolute Gasteiger partial charge is 0.0829 e. The van der Waals surface area contributed by atoms with Gasteiger partial charge >= 0.3 is 0 Å². The Bertz CT molecular complexity index is 234. The van der Waals surface area contributed by atoms with Crippen molar-refractivity contribution in [2.24, 2.45) is 0 Å². The Morgan fingerprint density at radius 2 is 2.00 bits per heavy atom. The van der Waals surface area contributed by atoms with Gasteiger partial charge in [-0.15, -0.1) is 0 Å². The number of rotatable bonds is 5. The zero-order chi connectivity index (χ0) is 12.8. The largest absolute Gasteiger partial charge is 0.374 e. The van der Waals surface area contributed by atoms with Crippen molar-refractivity contribution in [1.29, 1.82) is 0 Å². The molecule has 18 heavy (non-hydrogen) atoms. The molecule has 2 aliphatic heterocycles. The normalized spacial score (nSPS) is 30.8. The van der Waals surface area contributed by atoms with Crippen molar-refractivity contribution in [3.63, 3.8) is 0 Å². The molecule has 0 radical (unpaired) electrons. The van der Waals surface area contributed by atoms with Crippen LogP contribution in [0.5, 0.6) is 0 Å². The summed E-state index contributed by atoms with van der Waals surface area (Å²) in [5.41, 5.74) is 0. The van der Waals surface area contributed by atoms with Gasteiger partial charge in [0.05, 0.1) is 25.4 Å². The van der Waals surface area contributed by atoms with Gasteiger partial charge in [0.15, 0.2) is 0 Å². The predicted octanol–water partition coefficient (Wildman–Crippen LogP) is -0.373. The van der Waals surface area contributed by atoms with Gasteiger partial charge in [0.1, 0.15) is 0 Å². The van der Waals surface area contributed by atoms with Crippen molar-refractivity contribution in [2.75, 3.05) is 66.1 Å². The summed E-state index contributed by atoms with van der Waals surface area (Å²) < 4.78 is 11.6. The molecule has 106 valence electrons. The van der Waals surface area contributed by atoms with E-state index in [4.69, 9.17) is 9.47 Å². The van der Waals surface area contributed by atoms with E-state index in [1.54, 1.807) is 0 Å². The van der Waals surface area contributed by atoms with Gasteiger partial charge in [0.2, 0.25) is 0 Å². The van der Waals surface area contributed by atoms with Crippen LogP contribution in [0.25, 0.3) is 0 Å². The summed E-state index contributed by atoms with van der Waals surface area (Å²) in [6.07, 6.45) is 0.676. The molecular weight excluding hydrogens is 230 g/mol. The number of nitrogens with one attached hydrogen (secondary N) is 1. The fraction of sp³-hybridized carbons (Fsp3) is 1.00. The second-order valence-electron chi connectivity index (χ2n) is 5.30. The first-order valence-corrected chi connectivity index (χ1v) is 7.12. The maximum absolute atomic E-state index is 5.83. The van der Waals surface area contributed by atoms with Crippen molar-refractivity contribution < 1.29 is 9.47 Å². The van der Waals surface area contributed by atoms with Crippen LogP contribution in [-0.2, 0) is 9.47 Å². The zero-order valence-electron chi connectivity index (χ0n) is 11.7. The average Bonchev–Trinajstić information content (AvgIpc) is 2.40. The molecule has 0 bridgehead atoms. The van der Waals surface area contributed by atoms with Crippen LogP contribution in [-0.4, -0.2) is 88.1 Å². The Morgan fingerprint density at radius 1 is 1.22 bits per heavy atom. The molecule has 2 saturated heterocycles. The zero-order valence-corrected chi connectivity index (χ0v) is 11.7. The van der Waals surface area contributed by atoms with E-state index in [1.165, 1.54) is 0 Å². The Hall–Kier alpha value is -0.200. The third kappa shape index (κ3) is 4.48. The number of likely N-dealkylation sites (N-methyl/N-ethyl adjacent to an activating group) is 2. The first kappa shape index (κ1) is 14.2. The first-order chi connectivity index (χ1) is 8.78. The van der Waals surface area contributed by atoms with E-state index in [-0.39, 0.29) is 0 Å². The summed E-state index contributed by atoms with van der Waals surface area (Å²) in [6.45, 7) is 11.1. The van der Waals surface area contributed by atoms with Crippen molar-refractivity contribution in [3.05, 3.63) is 0 Å². The molecular formula is C13H27N3O2. The third-order valence-electron chi connectivity index (χ3n) is 3.71. The summed E-state index contributed by atoms with van der Waals surface area (Å²) in [6, 6.07) is 0. The highest BCUT2D eigenvalue weighted by Gasteiger charge is 2.22. The summed E-state index contributed by atoms with van der Waals surface area (Å²) in [5, 5.41) is 3.37. The third-order valence-corrected chi connectivity index (χ3v) is 3.71. The Balaban J connectivity index is 1.67. The molecule has 2 heterocycles. The highest BCUT2D eigenvalue weighted by Crippen LogP contribution is 2.07. The molecule has 5 nitrogen and oxygen atoms in total. The van der Waals surface area contributed by atoms with Crippen molar-refractivity contribution in [1.82, 2.24) is 15.1 Å². The fourth-order valence-corrected chi connectivity index (χ4v) is 2.68. The molecule has 2 unspecified atom stereocenters. The van der Waals surface area contributed by atoms with Crippen molar-refractivity contribution >= 4 is 0 Å². The number of hydrogen-bond donors (Lipinski definition) is 1. The molecule has 0 spiro atoms. The topological polar surface area (TPSA) is 37.0 Å². The summed E-state index contributed by atoms with van der Waals surface area (Å²) in [5.74, 6) is 0. The lowest BCUT2D eigenvalue weighted by Gasteiger charge is -2.35. The molecule has 2 fully saturated rings. The lowest BCUT2D eigenvalue weighted by atomic mass is 10.2. The minimum Gasteiger partial charge on any atom is -0.374 e. The van der Waals surface area contributed by atoms with Gasteiger partial charge < -0.3 is 19.7 Å². The van der Waals surface area contributed by atoms with Crippen molar-refractivity contribution in [3.8, 4) is 0 Å². The van der Waals surface area contributed by atoms with E-state index in [1.807, 2.05) is 0 Å². The van der Waals surface area contributed by atoms with E-state index < -0.39 is 0 Å². The molecule has 5 heteroatoms. The molecule has 0 aromatic rings. The highest BCUT2D eigenvalue weighted by atomic mass is 16.5. The molecule has 0 aromatic carbocycles. The standard InChI is InChI=1S/C13H27N3O2/c1-3-16-5-7-18-13(11-16)10-15(2)9-12-8-14-4-6-17-12/h12-14H,3-11H2,1-2H3. The van der Waals surface area contributed by atoms with E-state index in [0.717, 1.165) is 59.0 Å². The van der Waals surface area contributed by atoms with E-state index >= 15 is 0 Å². The molecule has 2 aliphatic rings. The Labute approximate surface area is 110 Å². The van der Waals surface area contributed by atoms with Crippen molar-refractivity contribution in [2.45, 2.75) is 19.1 Å². The van der Waals surface area contributed by atoms with Crippen LogP contribution in [0.1, 0.15) is 6.92 Å². The van der Waals surface area contributed by atoms with Gasteiger partial charge in [-0.05, 0) is 13.6 Å². The maximum Gasteiger partial charge on any atom is 0.0829 e. The quantitative estimate of drug-likeness (QED) is 0.727. The van der Waals surface area contributed by atoms with Gasteiger partial charge in [0, 0.05) is 39.3 Å². The predicted molar refractivity (Wildman–Crippen MR) is 72.0 cm³/mol. The number of ether oxygens (including phenoxy) is 2. The molecule has 0 amide bonds. The minimum atomic E-state index is 0.328. The second-order valence-corrected chi connectivity index (χ2v) is 5.30. The molecule has 2 atom stereocenters. The highest BCUT2D eigenvalue weighted by molar-refractivity contribution is 4.76. The van der Waals surface area contributed by atoms with Gasteiger partial charge in [-0.2, -0.15) is 0 Å². The second kappa shape index (κ2) is 7.40. The van der Waals surface area contributed by atoms with Gasteiger partial charge in [0.25, 0.3) is 0 Å². The molecule has 2 rings (SSSR count). The van der Waals surface area contributed by atoms with Crippen LogP contribution < -0.4 is 5.32 Å². The summed E-state index contributed by atoms with van der Waals surface area (Å²) in [4.78, 5) is 4.79. The molecule has 1 N–H and O–H groups in total. The Kier molecular flexibility index (Phi) is 5.85. The lowest BCUT2D eigenvalue weighted by molar-refractivity contribution is -0.0487. The van der Waals surface area contributed by atoms with E-state index in [2.05, 4.69) is 29.1 Å². The van der Waals surface area contributed by atoms with Crippen LogP contribution >= 0.6 is 0 Å². The van der Waals surface area contributed by atoms with Crippen LogP contribution in [0, 0.1) is 0 Å². The summed E-state index contributed by atoms with van der Waals surface area (Å²) in [7, 11) is 2.16. The lowest BCUT2D eigenvalue weighted by Crippen LogP contribution is -2.49.